The zero-order valence-electron chi connectivity index (χ0n) is 13.1. The Hall–Kier alpha value is -2.92. The van der Waals surface area contributed by atoms with E-state index in [9.17, 15) is 4.79 Å². The Morgan fingerprint density at radius 3 is 2.79 bits per heavy atom. The molecule has 1 N–H and O–H groups in total. The van der Waals surface area contributed by atoms with Crippen LogP contribution in [-0.2, 0) is 7.05 Å². The standard InChI is InChI=1S/C19H15N3OS/c1-22-10-9-13-11-14(7-8-17(13)22)19-21-16(12-24-19)18(23)20-15-5-3-2-4-6-15/h2-12H,1H3,(H,20,23). The fourth-order valence-corrected chi connectivity index (χ4v) is 3.44. The number of benzene rings is 2. The van der Waals surface area contributed by atoms with Gasteiger partial charge in [-0.05, 0) is 36.4 Å². The van der Waals surface area contributed by atoms with Gasteiger partial charge in [0.15, 0.2) is 0 Å². The summed E-state index contributed by atoms with van der Waals surface area (Å²) in [6.07, 6.45) is 2.04. The molecule has 0 radical (unpaired) electrons. The monoisotopic (exact) mass is 333 g/mol. The molecular weight excluding hydrogens is 318 g/mol. The van der Waals surface area contributed by atoms with Crippen LogP contribution in [0.4, 0.5) is 5.69 Å². The number of carbonyl (C=O) groups is 1. The number of thiazole rings is 1. The summed E-state index contributed by atoms with van der Waals surface area (Å²) in [6.45, 7) is 0. The lowest BCUT2D eigenvalue weighted by Gasteiger charge is -2.02. The van der Waals surface area contributed by atoms with Crippen LogP contribution in [0.5, 0.6) is 0 Å². The second kappa shape index (κ2) is 5.94. The van der Waals surface area contributed by atoms with Crippen LogP contribution in [0.3, 0.4) is 0 Å². The molecule has 0 saturated carbocycles. The molecule has 0 unspecified atom stereocenters. The maximum absolute atomic E-state index is 12.3. The molecule has 4 rings (SSSR count). The van der Waals surface area contributed by atoms with E-state index < -0.39 is 0 Å². The van der Waals surface area contributed by atoms with Crippen LogP contribution in [0.2, 0.25) is 0 Å². The Kier molecular flexibility index (Phi) is 3.63. The first-order valence-electron chi connectivity index (χ1n) is 7.58. The molecule has 0 fully saturated rings. The Labute approximate surface area is 143 Å². The number of rotatable bonds is 3. The van der Waals surface area contributed by atoms with Crippen molar-refractivity contribution in [1.82, 2.24) is 9.55 Å². The van der Waals surface area contributed by atoms with E-state index in [-0.39, 0.29) is 5.91 Å². The highest BCUT2D eigenvalue weighted by atomic mass is 32.1. The molecule has 0 bridgehead atoms. The van der Waals surface area contributed by atoms with Crippen molar-refractivity contribution in [2.45, 2.75) is 0 Å². The lowest BCUT2D eigenvalue weighted by atomic mass is 10.1. The molecule has 5 heteroatoms. The second-order valence-electron chi connectivity index (χ2n) is 5.56. The highest BCUT2D eigenvalue weighted by molar-refractivity contribution is 7.13. The van der Waals surface area contributed by atoms with Crippen LogP contribution in [-0.4, -0.2) is 15.5 Å². The molecule has 0 saturated heterocycles. The van der Waals surface area contributed by atoms with Crippen LogP contribution in [0.15, 0.2) is 66.2 Å². The summed E-state index contributed by atoms with van der Waals surface area (Å²) in [7, 11) is 2.03. The van der Waals surface area contributed by atoms with Gasteiger partial charge in [-0.1, -0.05) is 18.2 Å². The summed E-state index contributed by atoms with van der Waals surface area (Å²) >= 11 is 1.48. The van der Waals surface area contributed by atoms with E-state index in [1.807, 2.05) is 49.6 Å². The molecule has 2 aromatic heterocycles. The van der Waals surface area contributed by atoms with Crippen LogP contribution >= 0.6 is 11.3 Å². The zero-order valence-corrected chi connectivity index (χ0v) is 13.9. The van der Waals surface area contributed by atoms with Crippen molar-refractivity contribution in [3.8, 4) is 10.6 Å². The van der Waals surface area contributed by atoms with Crippen molar-refractivity contribution in [2.75, 3.05) is 5.32 Å². The number of nitrogens with zero attached hydrogens (tertiary/aromatic N) is 2. The van der Waals surface area contributed by atoms with Crippen molar-refractivity contribution in [3.05, 3.63) is 71.9 Å². The third-order valence-corrected chi connectivity index (χ3v) is 4.79. The number of amides is 1. The first-order chi connectivity index (χ1) is 11.7. The van der Waals surface area contributed by atoms with Gasteiger partial charge in [-0.2, -0.15) is 0 Å². The normalized spacial score (nSPS) is 10.9. The highest BCUT2D eigenvalue weighted by Crippen LogP contribution is 2.27. The molecule has 24 heavy (non-hydrogen) atoms. The number of fused-ring (bicyclic) bond motifs is 1. The third kappa shape index (κ3) is 2.70. The molecule has 2 aromatic carbocycles. The molecule has 0 aliphatic heterocycles. The van der Waals surface area contributed by atoms with Gasteiger partial charge in [0.25, 0.3) is 5.91 Å². The van der Waals surface area contributed by atoms with Gasteiger partial charge in [-0.3, -0.25) is 4.79 Å². The van der Waals surface area contributed by atoms with E-state index in [0.717, 1.165) is 16.3 Å². The van der Waals surface area contributed by atoms with Crippen molar-refractivity contribution in [3.63, 3.8) is 0 Å². The Bertz CT molecular complexity index is 1020. The Morgan fingerprint density at radius 1 is 1.12 bits per heavy atom. The highest BCUT2D eigenvalue weighted by Gasteiger charge is 2.12. The molecule has 0 spiro atoms. The van der Waals surface area contributed by atoms with E-state index >= 15 is 0 Å². The molecule has 4 aromatic rings. The summed E-state index contributed by atoms with van der Waals surface area (Å²) in [4.78, 5) is 16.8. The van der Waals surface area contributed by atoms with Crippen LogP contribution < -0.4 is 5.32 Å². The summed E-state index contributed by atoms with van der Waals surface area (Å²) in [5, 5.41) is 6.67. The van der Waals surface area contributed by atoms with Crippen molar-refractivity contribution >= 4 is 33.8 Å². The summed E-state index contributed by atoms with van der Waals surface area (Å²) in [5.74, 6) is -0.190. The SMILES string of the molecule is Cn1ccc2cc(-c3nc(C(=O)Nc4ccccc4)cs3)ccc21. The number of carbonyl (C=O) groups excluding carboxylic acids is 1. The predicted octanol–water partition coefficient (Wildman–Crippen LogP) is 4.55. The third-order valence-electron chi connectivity index (χ3n) is 3.90. The Morgan fingerprint density at radius 2 is 1.96 bits per heavy atom. The first kappa shape index (κ1) is 14.7. The van der Waals surface area contributed by atoms with Gasteiger partial charge in [0.05, 0.1) is 0 Å². The van der Waals surface area contributed by atoms with Crippen LogP contribution in [0.1, 0.15) is 10.5 Å². The lowest BCUT2D eigenvalue weighted by Crippen LogP contribution is -2.12. The molecule has 0 atom stereocenters. The van der Waals surface area contributed by atoms with Crippen molar-refractivity contribution in [1.29, 1.82) is 0 Å². The second-order valence-corrected chi connectivity index (χ2v) is 6.42. The van der Waals surface area contributed by atoms with Gasteiger partial charge in [-0.25, -0.2) is 4.98 Å². The maximum atomic E-state index is 12.3. The average Bonchev–Trinajstić information content (AvgIpc) is 3.23. The molecule has 118 valence electrons. The number of hydrogen-bond donors (Lipinski definition) is 1. The summed E-state index contributed by atoms with van der Waals surface area (Å²) < 4.78 is 2.08. The number of nitrogens with one attached hydrogen (secondary N) is 1. The maximum Gasteiger partial charge on any atom is 0.275 e. The van der Waals surface area contributed by atoms with Gasteiger partial charge < -0.3 is 9.88 Å². The largest absolute Gasteiger partial charge is 0.351 e. The van der Waals surface area contributed by atoms with Gasteiger partial charge in [0, 0.05) is 40.8 Å². The van der Waals surface area contributed by atoms with E-state index in [2.05, 4.69) is 33.1 Å². The molecular formula is C19H15N3OS. The van der Waals surface area contributed by atoms with Gasteiger partial charge in [-0.15, -0.1) is 11.3 Å². The van der Waals surface area contributed by atoms with Crippen LogP contribution in [0.25, 0.3) is 21.5 Å². The molecule has 0 aliphatic carbocycles. The molecule has 0 aliphatic rings. The van der Waals surface area contributed by atoms with E-state index in [1.165, 1.54) is 22.2 Å². The number of para-hydroxylation sites is 1. The smallest absolute Gasteiger partial charge is 0.275 e. The van der Waals surface area contributed by atoms with E-state index in [0.29, 0.717) is 5.69 Å². The fraction of sp³-hybridized carbons (Fsp3) is 0.0526. The van der Waals surface area contributed by atoms with Gasteiger partial charge in [0.1, 0.15) is 10.7 Å². The zero-order chi connectivity index (χ0) is 16.5. The number of anilines is 1. The molecule has 1 amide bonds. The average molecular weight is 333 g/mol. The number of aromatic nitrogens is 2. The first-order valence-corrected chi connectivity index (χ1v) is 8.46. The Balaban J connectivity index is 1.60. The number of hydrogen-bond acceptors (Lipinski definition) is 3. The number of aryl methyl sites for hydroxylation is 1. The minimum Gasteiger partial charge on any atom is -0.351 e. The van der Waals surface area contributed by atoms with E-state index in [1.54, 1.807) is 5.38 Å². The lowest BCUT2D eigenvalue weighted by molar-refractivity contribution is 0.102. The fourth-order valence-electron chi connectivity index (χ4n) is 2.64. The quantitative estimate of drug-likeness (QED) is 0.598. The van der Waals surface area contributed by atoms with Crippen molar-refractivity contribution in [2.24, 2.45) is 7.05 Å². The topological polar surface area (TPSA) is 46.9 Å². The van der Waals surface area contributed by atoms with Crippen molar-refractivity contribution < 1.29 is 4.79 Å². The van der Waals surface area contributed by atoms with Gasteiger partial charge in [0.2, 0.25) is 0 Å². The molecule has 4 nitrogen and oxygen atoms in total. The van der Waals surface area contributed by atoms with Crippen LogP contribution in [0, 0.1) is 0 Å². The predicted molar refractivity (Wildman–Crippen MR) is 98.4 cm³/mol. The summed E-state index contributed by atoms with van der Waals surface area (Å²) in [6, 6.07) is 17.7. The minimum absolute atomic E-state index is 0.190. The minimum atomic E-state index is -0.190. The summed E-state index contributed by atoms with van der Waals surface area (Å²) in [5.41, 5.74) is 3.41. The van der Waals surface area contributed by atoms with E-state index in [4.69, 9.17) is 0 Å². The van der Waals surface area contributed by atoms with Gasteiger partial charge >= 0.3 is 0 Å². The molecule has 2 heterocycles.